The van der Waals surface area contributed by atoms with E-state index < -0.39 is 5.41 Å². The van der Waals surface area contributed by atoms with Crippen LogP contribution in [0.2, 0.25) is 0 Å². The summed E-state index contributed by atoms with van der Waals surface area (Å²) in [5.74, 6) is 0.690. The summed E-state index contributed by atoms with van der Waals surface area (Å²) in [6.07, 6.45) is 0. The molecule has 0 fully saturated rings. The first-order valence-corrected chi connectivity index (χ1v) is 5.09. The van der Waals surface area contributed by atoms with Crippen molar-refractivity contribution in [2.45, 2.75) is 19.3 Å². The molecule has 0 saturated carbocycles. The molecule has 1 N–H and O–H groups in total. The van der Waals surface area contributed by atoms with E-state index in [2.05, 4.69) is 10.5 Å². The highest BCUT2D eigenvalue weighted by Crippen LogP contribution is 2.30. The quantitative estimate of drug-likeness (QED) is 0.817. The summed E-state index contributed by atoms with van der Waals surface area (Å²) in [5.41, 5.74) is 3.55. The molecular weight excluding hydrogens is 204 g/mol. The maximum Gasteiger partial charge on any atom is 0.256 e. The van der Waals surface area contributed by atoms with E-state index in [1.807, 2.05) is 38.1 Å². The Kier molecular flexibility index (Phi) is 2.42. The standard InChI is InChI=1S/C12H14N2O2/c1-8-12(2,11(15)14-13-8)9-4-6-10(16-3)7-5-9/h4-7H,1-3H3,(H,14,15). The minimum atomic E-state index is -0.660. The summed E-state index contributed by atoms with van der Waals surface area (Å²) in [5, 5.41) is 3.98. The topological polar surface area (TPSA) is 50.7 Å². The molecule has 4 heteroatoms. The van der Waals surface area contributed by atoms with Crippen LogP contribution in [0.15, 0.2) is 29.4 Å². The van der Waals surface area contributed by atoms with Crippen molar-refractivity contribution in [2.75, 3.05) is 7.11 Å². The van der Waals surface area contributed by atoms with Crippen molar-refractivity contribution >= 4 is 11.6 Å². The van der Waals surface area contributed by atoms with Crippen molar-refractivity contribution in [1.82, 2.24) is 5.43 Å². The van der Waals surface area contributed by atoms with Crippen molar-refractivity contribution in [1.29, 1.82) is 0 Å². The molecule has 84 valence electrons. The van der Waals surface area contributed by atoms with E-state index in [0.29, 0.717) is 0 Å². The van der Waals surface area contributed by atoms with Gasteiger partial charge in [0.2, 0.25) is 0 Å². The number of hydrazone groups is 1. The molecule has 0 aliphatic carbocycles. The number of carbonyl (C=O) groups is 1. The van der Waals surface area contributed by atoms with E-state index in [1.54, 1.807) is 7.11 Å². The zero-order valence-corrected chi connectivity index (χ0v) is 9.57. The third kappa shape index (κ3) is 1.38. The largest absolute Gasteiger partial charge is 0.497 e. The molecule has 0 aromatic heterocycles. The Hall–Kier alpha value is -1.84. The first kappa shape index (κ1) is 10.7. The Morgan fingerprint density at radius 3 is 2.38 bits per heavy atom. The predicted octanol–water partition coefficient (Wildman–Crippen LogP) is 1.46. The fourth-order valence-electron chi connectivity index (χ4n) is 1.79. The van der Waals surface area contributed by atoms with Crippen molar-refractivity contribution in [2.24, 2.45) is 5.10 Å². The lowest BCUT2D eigenvalue weighted by molar-refractivity contribution is -0.122. The zero-order chi connectivity index (χ0) is 11.8. The van der Waals surface area contributed by atoms with Gasteiger partial charge in [0, 0.05) is 0 Å². The summed E-state index contributed by atoms with van der Waals surface area (Å²) in [6.45, 7) is 3.72. The Bertz CT molecular complexity index is 451. The Morgan fingerprint density at radius 1 is 1.31 bits per heavy atom. The second-order valence-electron chi connectivity index (χ2n) is 3.99. The molecule has 1 aromatic rings. The average molecular weight is 218 g/mol. The second-order valence-corrected chi connectivity index (χ2v) is 3.99. The summed E-state index contributed by atoms with van der Waals surface area (Å²) in [6, 6.07) is 7.48. The van der Waals surface area contributed by atoms with Crippen LogP contribution in [-0.4, -0.2) is 18.7 Å². The lowest BCUT2D eigenvalue weighted by Crippen LogP contribution is -2.38. The van der Waals surface area contributed by atoms with Gasteiger partial charge in [0.15, 0.2) is 0 Å². The third-order valence-corrected chi connectivity index (χ3v) is 3.17. The molecule has 1 aliphatic rings. The molecule has 1 aromatic carbocycles. The third-order valence-electron chi connectivity index (χ3n) is 3.17. The van der Waals surface area contributed by atoms with Gasteiger partial charge in [-0.2, -0.15) is 5.10 Å². The SMILES string of the molecule is COc1ccc(C2(C)C(=O)NN=C2C)cc1. The monoisotopic (exact) mass is 218 g/mol. The summed E-state index contributed by atoms with van der Waals surface area (Å²) in [7, 11) is 1.62. The Morgan fingerprint density at radius 2 is 1.94 bits per heavy atom. The average Bonchev–Trinajstić information content (AvgIpc) is 2.58. The molecule has 16 heavy (non-hydrogen) atoms. The van der Waals surface area contributed by atoms with Gasteiger partial charge in [-0.15, -0.1) is 0 Å². The molecule has 0 radical (unpaired) electrons. The number of carbonyl (C=O) groups excluding carboxylic acids is 1. The summed E-state index contributed by atoms with van der Waals surface area (Å²) < 4.78 is 5.09. The fraction of sp³-hybridized carbons (Fsp3) is 0.333. The van der Waals surface area contributed by atoms with E-state index in [9.17, 15) is 4.79 Å². The van der Waals surface area contributed by atoms with Gasteiger partial charge in [-0.3, -0.25) is 4.79 Å². The van der Waals surface area contributed by atoms with Crippen LogP contribution < -0.4 is 10.2 Å². The number of ether oxygens (including phenoxy) is 1. The number of amides is 1. The lowest BCUT2D eigenvalue weighted by Gasteiger charge is -2.21. The van der Waals surface area contributed by atoms with Gasteiger partial charge in [-0.25, -0.2) is 5.43 Å². The van der Waals surface area contributed by atoms with Gasteiger partial charge < -0.3 is 4.74 Å². The summed E-state index contributed by atoms with van der Waals surface area (Å²) >= 11 is 0. The van der Waals surface area contributed by atoms with E-state index in [4.69, 9.17) is 4.74 Å². The maximum absolute atomic E-state index is 11.8. The van der Waals surface area contributed by atoms with Crippen LogP contribution in [0, 0.1) is 0 Å². The molecule has 0 bridgehead atoms. The fourth-order valence-corrected chi connectivity index (χ4v) is 1.79. The highest BCUT2D eigenvalue weighted by molar-refractivity contribution is 6.16. The highest BCUT2D eigenvalue weighted by Gasteiger charge is 2.42. The molecule has 2 rings (SSSR count). The maximum atomic E-state index is 11.8. The van der Waals surface area contributed by atoms with E-state index in [0.717, 1.165) is 17.0 Å². The van der Waals surface area contributed by atoms with Gasteiger partial charge in [-0.1, -0.05) is 12.1 Å². The highest BCUT2D eigenvalue weighted by atomic mass is 16.5. The van der Waals surface area contributed by atoms with Crippen molar-refractivity contribution in [3.63, 3.8) is 0 Å². The van der Waals surface area contributed by atoms with Gasteiger partial charge in [0.1, 0.15) is 11.2 Å². The number of hydrogen-bond acceptors (Lipinski definition) is 3. The number of rotatable bonds is 2. The van der Waals surface area contributed by atoms with Crippen LogP contribution in [0.25, 0.3) is 0 Å². The lowest BCUT2D eigenvalue weighted by atomic mass is 9.79. The van der Waals surface area contributed by atoms with E-state index in [-0.39, 0.29) is 5.91 Å². The minimum Gasteiger partial charge on any atom is -0.497 e. The number of methoxy groups -OCH3 is 1. The number of hydrogen-bond donors (Lipinski definition) is 1. The second kappa shape index (κ2) is 3.63. The van der Waals surface area contributed by atoms with Crippen LogP contribution in [0.5, 0.6) is 5.75 Å². The van der Waals surface area contributed by atoms with Gasteiger partial charge >= 0.3 is 0 Å². The van der Waals surface area contributed by atoms with Crippen molar-refractivity contribution < 1.29 is 9.53 Å². The Balaban J connectivity index is 2.43. The van der Waals surface area contributed by atoms with Gasteiger partial charge in [-0.05, 0) is 31.5 Å². The molecule has 1 atom stereocenters. The van der Waals surface area contributed by atoms with Crippen molar-refractivity contribution in [3.05, 3.63) is 29.8 Å². The molecule has 4 nitrogen and oxygen atoms in total. The molecule has 1 heterocycles. The van der Waals surface area contributed by atoms with Crippen molar-refractivity contribution in [3.8, 4) is 5.75 Å². The zero-order valence-electron chi connectivity index (χ0n) is 9.57. The van der Waals surface area contributed by atoms with Crippen LogP contribution >= 0.6 is 0 Å². The first-order chi connectivity index (χ1) is 7.59. The van der Waals surface area contributed by atoms with Gasteiger partial charge in [0.05, 0.1) is 12.8 Å². The molecular formula is C12H14N2O2. The first-order valence-electron chi connectivity index (χ1n) is 5.09. The molecule has 1 amide bonds. The van der Waals surface area contributed by atoms with Crippen LogP contribution in [0.3, 0.4) is 0 Å². The van der Waals surface area contributed by atoms with Gasteiger partial charge in [0.25, 0.3) is 5.91 Å². The number of nitrogens with zero attached hydrogens (tertiary/aromatic N) is 1. The smallest absolute Gasteiger partial charge is 0.256 e. The summed E-state index contributed by atoms with van der Waals surface area (Å²) in [4.78, 5) is 11.8. The normalized spacial score (nSPS) is 23.9. The van der Waals surface area contributed by atoms with E-state index >= 15 is 0 Å². The van der Waals surface area contributed by atoms with Crippen LogP contribution in [0.1, 0.15) is 19.4 Å². The molecule has 0 saturated heterocycles. The number of nitrogens with one attached hydrogen (secondary N) is 1. The van der Waals surface area contributed by atoms with Crippen LogP contribution in [-0.2, 0) is 10.2 Å². The predicted molar refractivity (Wildman–Crippen MR) is 61.6 cm³/mol. The van der Waals surface area contributed by atoms with Crippen LogP contribution in [0.4, 0.5) is 0 Å². The number of benzene rings is 1. The Labute approximate surface area is 94.3 Å². The molecule has 0 spiro atoms. The minimum absolute atomic E-state index is 0.0878. The van der Waals surface area contributed by atoms with E-state index in [1.165, 1.54) is 0 Å². The molecule has 1 aliphatic heterocycles. The molecule has 1 unspecified atom stereocenters.